The molecule has 0 spiro atoms. The Morgan fingerprint density at radius 1 is 0.962 bits per heavy atom. The molecule has 0 aliphatic carbocycles. The molecule has 1 amide bonds. The van der Waals surface area contributed by atoms with Gasteiger partial charge in [0.05, 0.1) is 0 Å². The first-order valence-electron chi connectivity index (χ1n) is 9.97. The van der Waals surface area contributed by atoms with Crippen molar-refractivity contribution in [1.29, 1.82) is 0 Å². The second-order valence-electron chi connectivity index (χ2n) is 7.68. The minimum absolute atomic E-state index is 0.199. The lowest BCUT2D eigenvalue weighted by atomic mass is 9.95. The Balaban J connectivity index is 1.52. The van der Waals surface area contributed by atoms with Gasteiger partial charge < -0.3 is 10.2 Å². The van der Waals surface area contributed by atoms with Crippen molar-refractivity contribution < 1.29 is 4.79 Å². The Morgan fingerprint density at radius 3 is 2.46 bits per heavy atom. The molecule has 2 fully saturated rings. The minimum Gasteiger partial charge on any atom is -0.334 e. The Labute approximate surface area is 156 Å². The van der Waals surface area contributed by atoms with Gasteiger partial charge in [-0.15, -0.1) is 0 Å². The van der Waals surface area contributed by atoms with E-state index in [0.717, 1.165) is 31.4 Å². The van der Waals surface area contributed by atoms with Crippen LogP contribution in [0.3, 0.4) is 0 Å². The largest absolute Gasteiger partial charge is 0.334 e. The van der Waals surface area contributed by atoms with Gasteiger partial charge in [0.1, 0.15) is 0 Å². The molecule has 0 saturated carbocycles. The van der Waals surface area contributed by atoms with E-state index in [1.165, 1.54) is 24.8 Å². The molecule has 3 nitrogen and oxygen atoms in total. The van der Waals surface area contributed by atoms with Crippen LogP contribution in [0, 0.1) is 0 Å². The first-order chi connectivity index (χ1) is 12.8. The minimum atomic E-state index is 0.199. The predicted octanol–water partition coefficient (Wildman–Crippen LogP) is 4.04. The second-order valence-corrected chi connectivity index (χ2v) is 7.68. The molecule has 0 unspecified atom stereocenters. The van der Waals surface area contributed by atoms with Crippen LogP contribution in [0.25, 0.3) is 0 Å². The molecule has 2 saturated heterocycles. The molecule has 2 aliphatic rings. The number of hydrogen-bond acceptors (Lipinski definition) is 2. The fraction of sp³-hybridized carbons (Fsp3) is 0.435. The number of likely N-dealkylation sites (tertiary alicyclic amines) is 1. The molecular weight excluding hydrogens is 320 g/mol. The number of nitrogens with one attached hydrogen (secondary N) is 1. The average Bonchev–Trinajstić information content (AvgIpc) is 3.05. The summed E-state index contributed by atoms with van der Waals surface area (Å²) in [6.07, 6.45) is 6.87. The highest BCUT2D eigenvalue weighted by Crippen LogP contribution is 2.29. The Kier molecular flexibility index (Phi) is 5.35. The van der Waals surface area contributed by atoms with E-state index in [1.807, 2.05) is 30.3 Å². The van der Waals surface area contributed by atoms with Crippen LogP contribution in [-0.2, 0) is 6.42 Å². The van der Waals surface area contributed by atoms with Crippen LogP contribution in [0.2, 0.25) is 0 Å². The van der Waals surface area contributed by atoms with Crippen molar-refractivity contribution in [3.8, 4) is 0 Å². The zero-order valence-corrected chi connectivity index (χ0v) is 15.3. The van der Waals surface area contributed by atoms with Gasteiger partial charge in [0.2, 0.25) is 0 Å². The average molecular weight is 348 g/mol. The molecule has 0 bridgehead atoms. The summed E-state index contributed by atoms with van der Waals surface area (Å²) in [6.45, 7) is 0.884. The van der Waals surface area contributed by atoms with Crippen molar-refractivity contribution in [1.82, 2.24) is 10.2 Å². The maximum atomic E-state index is 13.2. The molecular formula is C23H28N2O. The van der Waals surface area contributed by atoms with E-state index in [-0.39, 0.29) is 5.91 Å². The monoisotopic (exact) mass is 348 g/mol. The maximum absolute atomic E-state index is 13.2. The number of fused-ring (bicyclic) bond motifs is 1. The van der Waals surface area contributed by atoms with Gasteiger partial charge >= 0.3 is 0 Å². The Hall–Kier alpha value is -2.13. The van der Waals surface area contributed by atoms with Crippen molar-refractivity contribution in [3.05, 3.63) is 71.8 Å². The summed E-state index contributed by atoms with van der Waals surface area (Å²) in [5, 5.41) is 3.85. The van der Waals surface area contributed by atoms with Gasteiger partial charge in [-0.2, -0.15) is 0 Å². The molecule has 3 heteroatoms. The van der Waals surface area contributed by atoms with E-state index in [1.54, 1.807) is 0 Å². The molecule has 2 aliphatic heterocycles. The highest BCUT2D eigenvalue weighted by atomic mass is 16.2. The Morgan fingerprint density at radius 2 is 1.69 bits per heavy atom. The van der Waals surface area contributed by atoms with Gasteiger partial charge in [-0.25, -0.2) is 0 Å². The number of carbonyl (C=O) groups excluding carboxylic acids is 1. The highest BCUT2D eigenvalue weighted by Gasteiger charge is 2.39. The topological polar surface area (TPSA) is 32.3 Å². The van der Waals surface area contributed by atoms with Crippen LogP contribution in [0.4, 0.5) is 0 Å². The van der Waals surface area contributed by atoms with E-state index in [2.05, 4.69) is 40.5 Å². The highest BCUT2D eigenvalue weighted by molar-refractivity contribution is 5.94. The van der Waals surface area contributed by atoms with Crippen LogP contribution in [0.15, 0.2) is 60.7 Å². The van der Waals surface area contributed by atoms with E-state index < -0.39 is 0 Å². The third-order valence-electron chi connectivity index (χ3n) is 5.86. The standard InChI is InChI=1S/C23H28N2O/c26-23(19-12-6-2-7-13-19)25-15-9-3-8-14-21-22(25)17-20(24-21)16-18-10-4-1-5-11-18/h1-2,4-7,10-13,20-22,24H,3,8-9,14-17H2/t20-,21-,22+/m1/s1. The lowest BCUT2D eigenvalue weighted by Crippen LogP contribution is -2.48. The number of benzene rings is 2. The van der Waals surface area contributed by atoms with Crippen LogP contribution in [0.1, 0.15) is 48.0 Å². The van der Waals surface area contributed by atoms with Crippen LogP contribution in [-0.4, -0.2) is 35.5 Å². The van der Waals surface area contributed by atoms with Gasteiger partial charge in [0.25, 0.3) is 5.91 Å². The van der Waals surface area contributed by atoms with Crippen LogP contribution < -0.4 is 5.32 Å². The smallest absolute Gasteiger partial charge is 0.254 e. The first-order valence-corrected chi connectivity index (χ1v) is 9.97. The molecule has 2 aromatic rings. The predicted molar refractivity (Wildman–Crippen MR) is 105 cm³/mol. The third kappa shape index (κ3) is 3.83. The zero-order chi connectivity index (χ0) is 17.8. The van der Waals surface area contributed by atoms with Crippen LogP contribution in [0.5, 0.6) is 0 Å². The van der Waals surface area contributed by atoms with Crippen molar-refractivity contribution in [2.75, 3.05) is 6.54 Å². The van der Waals surface area contributed by atoms with Gasteiger partial charge in [-0.05, 0) is 43.4 Å². The summed E-state index contributed by atoms with van der Waals surface area (Å²) in [4.78, 5) is 15.3. The van der Waals surface area contributed by atoms with Gasteiger partial charge in [0, 0.05) is 30.2 Å². The molecule has 1 N–H and O–H groups in total. The van der Waals surface area contributed by atoms with Crippen molar-refractivity contribution in [2.24, 2.45) is 0 Å². The number of amides is 1. The van der Waals surface area contributed by atoms with Crippen LogP contribution >= 0.6 is 0 Å². The maximum Gasteiger partial charge on any atom is 0.254 e. The van der Waals surface area contributed by atoms with E-state index in [9.17, 15) is 4.79 Å². The van der Waals surface area contributed by atoms with Gasteiger partial charge in [-0.1, -0.05) is 61.4 Å². The van der Waals surface area contributed by atoms with Crippen molar-refractivity contribution in [2.45, 2.75) is 56.7 Å². The summed E-state index contributed by atoms with van der Waals surface area (Å²) in [6, 6.07) is 21.7. The number of hydrogen-bond donors (Lipinski definition) is 1. The fourth-order valence-corrected chi connectivity index (χ4v) is 4.59. The molecule has 2 aromatic carbocycles. The number of nitrogens with zero attached hydrogens (tertiary/aromatic N) is 1. The normalized spacial score (nSPS) is 26.0. The summed E-state index contributed by atoms with van der Waals surface area (Å²) in [5.74, 6) is 0.199. The van der Waals surface area contributed by atoms with Gasteiger partial charge in [0.15, 0.2) is 0 Å². The van der Waals surface area contributed by atoms with E-state index in [4.69, 9.17) is 0 Å². The summed E-state index contributed by atoms with van der Waals surface area (Å²) >= 11 is 0. The molecule has 3 atom stereocenters. The summed E-state index contributed by atoms with van der Waals surface area (Å²) in [5.41, 5.74) is 2.19. The molecule has 136 valence electrons. The molecule has 0 radical (unpaired) electrons. The molecule has 4 rings (SSSR count). The van der Waals surface area contributed by atoms with Crippen molar-refractivity contribution in [3.63, 3.8) is 0 Å². The first kappa shape index (κ1) is 17.3. The SMILES string of the molecule is O=C(c1ccccc1)N1CCCCC[C@H]2N[C@H](Cc3ccccc3)C[C@@H]21. The Bertz CT molecular complexity index is 716. The third-order valence-corrected chi connectivity index (χ3v) is 5.86. The fourth-order valence-electron chi connectivity index (χ4n) is 4.59. The molecule has 0 aromatic heterocycles. The molecule has 2 heterocycles. The summed E-state index contributed by atoms with van der Waals surface area (Å²) < 4.78 is 0. The van der Waals surface area contributed by atoms with Gasteiger partial charge in [-0.3, -0.25) is 4.79 Å². The number of carbonyl (C=O) groups is 1. The van der Waals surface area contributed by atoms with E-state index >= 15 is 0 Å². The number of rotatable bonds is 3. The van der Waals surface area contributed by atoms with Crippen molar-refractivity contribution >= 4 is 5.91 Å². The second kappa shape index (κ2) is 8.05. The molecule has 26 heavy (non-hydrogen) atoms. The lowest BCUT2D eigenvalue weighted by Gasteiger charge is -2.35. The zero-order valence-electron chi connectivity index (χ0n) is 15.3. The lowest BCUT2D eigenvalue weighted by molar-refractivity contribution is 0.0639. The van der Waals surface area contributed by atoms with E-state index in [0.29, 0.717) is 18.1 Å². The summed E-state index contributed by atoms with van der Waals surface area (Å²) in [7, 11) is 0. The quantitative estimate of drug-likeness (QED) is 0.908.